The molecule has 1 aromatic heterocycles. The number of aromatic amines is 1. The average Bonchev–Trinajstić information content (AvgIpc) is 2.66. The Balaban J connectivity index is 2.14. The van der Waals surface area contributed by atoms with Crippen LogP contribution in [0.15, 0.2) is 29.1 Å². The molecule has 0 saturated carbocycles. The van der Waals surface area contributed by atoms with Gasteiger partial charge in [-0.2, -0.15) is 0 Å². The number of thioether (sulfide) groups is 1. The number of nitrogens with one attached hydrogen (secondary N) is 1. The molecule has 4 heteroatoms. The zero-order valence-electron chi connectivity index (χ0n) is 8.98. The molecule has 0 aliphatic carbocycles. The fourth-order valence-electron chi connectivity index (χ4n) is 2.29. The topological polar surface area (TPSA) is 37.8 Å². The van der Waals surface area contributed by atoms with Gasteiger partial charge in [0.15, 0.2) is 0 Å². The molecule has 1 aromatic carbocycles. The number of hydrogen-bond acceptors (Lipinski definition) is 2. The van der Waals surface area contributed by atoms with E-state index in [4.69, 9.17) is 0 Å². The highest BCUT2D eigenvalue weighted by molar-refractivity contribution is 7.99. The van der Waals surface area contributed by atoms with Gasteiger partial charge in [-0.3, -0.25) is 4.57 Å². The molecule has 2 heterocycles. The van der Waals surface area contributed by atoms with Gasteiger partial charge in [-0.1, -0.05) is 12.1 Å². The van der Waals surface area contributed by atoms with Crippen molar-refractivity contribution in [2.45, 2.75) is 24.6 Å². The molecular formula is C12H14N2OS. The third kappa shape index (κ3) is 1.57. The first-order valence-electron chi connectivity index (χ1n) is 5.67. The van der Waals surface area contributed by atoms with Crippen LogP contribution in [0, 0.1) is 0 Å². The lowest BCUT2D eigenvalue weighted by Crippen LogP contribution is -2.22. The summed E-state index contributed by atoms with van der Waals surface area (Å²) in [5.74, 6) is 1.16. The molecule has 1 atom stereocenters. The highest BCUT2D eigenvalue weighted by Crippen LogP contribution is 2.34. The predicted octanol–water partition coefficient (Wildman–Crippen LogP) is 2.75. The number of para-hydroxylation sites is 2. The zero-order chi connectivity index (χ0) is 11.0. The zero-order valence-corrected chi connectivity index (χ0v) is 9.80. The summed E-state index contributed by atoms with van der Waals surface area (Å²) in [6.07, 6.45) is 3.61. The monoisotopic (exact) mass is 234 g/mol. The van der Waals surface area contributed by atoms with Gasteiger partial charge in [-0.05, 0) is 37.1 Å². The Labute approximate surface area is 97.9 Å². The fourth-order valence-corrected chi connectivity index (χ4v) is 3.62. The summed E-state index contributed by atoms with van der Waals surface area (Å²) in [6, 6.07) is 7.92. The Morgan fingerprint density at radius 1 is 1.31 bits per heavy atom. The van der Waals surface area contributed by atoms with Crippen molar-refractivity contribution in [1.82, 2.24) is 9.55 Å². The quantitative estimate of drug-likeness (QED) is 0.824. The van der Waals surface area contributed by atoms with Gasteiger partial charge in [0, 0.05) is 0 Å². The standard InChI is InChI=1S/C12H14N2OS/c15-12-13-9-5-1-2-6-10(9)14(12)11-7-3-4-8-16-11/h1-2,5-6,11H,3-4,7-8H2,(H,13,15). The maximum atomic E-state index is 11.9. The lowest BCUT2D eigenvalue weighted by atomic mass is 10.2. The van der Waals surface area contributed by atoms with Crippen LogP contribution in [-0.4, -0.2) is 15.3 Å². The molecule has 1 fully saturated rings. The largest absolute Gasteiger partial charge is 0.327 e. The maximum absolute atomic E-state index is 11.9. The van der Waals surface area contributed by atoms with Crippen molar-refractivity contribution in [3.8, 4) is 0 Å². The van der Waals surface area contributed by atoms with Crippen LogP contribution in [-0.2, 0) is 0 Å². The molecule has 1 saturated heterocycles. The van der Waals surface area contributed by atoms with Gasteiger partial charge >= 0.3 is 5.69 Å². The first kappa shape index (κ1) is 10.0. The number of nitrogens with zero attached hydrogens (tertiary/aromatic N) is 1. The number of fused-ring (bicyclic) bond motifs is 1. The second kappa shape index (κ2) is 4.01. The van der Waals surface area contributed by atoms with Crippen molar-refractivity contribution in [1.29, 1.82) is 0 Å². The van der Waals surface area contributed by atoms with Gasteiger partial charge in [-0.25, -0.2) is 4.79 Å². The Hall–Kier alpha value is -1.16. The Bertz CT molecular complexity index is 551. The summed E-state index contributed by atoms with van der Waals surface area (Å²) >= 11 is 1.89. The van der Waals surface area contributed by atoms with Gasteiger partial charge in [0.1, 0.15) is 0 Å². The highest BCUT2D eigenvalue weighted by atomic mass is 32.2. The number of benzene rings is 1. The first-order chi connectivity index (χ1) is 7.86. The van der Waals surface area contributed by atoms with Crippen molar-refractivity contribution in [3.63, 3.8) is 0 Å². The van der Waals surface area contributed by atoms with Gasteiger partial charge < -0.3 is 4.98 Å². The smallest absolute Gasteiger partial charge is 0.306 e. The minimum atomic E-state index is 0.0283. The first-order valence-corrected chi connectivity index (χ1v) is 6.72. The molecule has 1 N–H and O–H groups in total. The summed E-state index contributed by atoms with van der Waals surface area (Å²) in [7, 11) is 0. The normalized spacial score (nSPS) is 21.4. The van der Waals surface area contributed by atoms with Crippen LogP contribution in [0.5, 0.6) is 0 Å². The number of H-pyrrole nitrogens is 1. The minimum Gasteiger partial charge on any atom is -0.306 e. The van der Waals surface area contributed by atoms with Gasteiger partial charge in [0.25, 0.3) is 0 Å². The molecule has 0 amide bonds. The summed E-state index contributed by atoms with van der Waals surface area (Å²) in [5, 5.41) is 0.317. The second-order valence-electron chi connectivity index (χ2n) is 4.14. The summed E-state index contributed by atoms with van der Waals surface area (Å²) in [6.45, 7) is 0. The fraction of sp³-hybridized carbons (Fsp3) is 0.417. The van der Waals surface area contributed by atoms with E-state index in [0.717, 1.165) is 23.2 Å². The van der Waals surface area contributed by atoms with Crippen LogP contribution >= 0.6 is 11.8 Å². The Morgan fingerprint density at radius 2 is 2.19 bits per heavy atom. The van der Waals surface area contributed by atoms with Crippen LogP contribution in [0.25, 0.3) is 11.0 Å². The predicted molar refractivity (Wildman–Crippen MR) is 67.9 cm³/mol. The number of imidazole rings is 1. The summed E-state index contributed by atoms with van der Waals surface area (Å²) in [4.78, 5) is 14.9. The molecule has 16 heavy (non-hydrogen) atoms. The highest BCUT2D eigenvalue weighted by Gasteiger charge is 2.19. The third-order valence-electron chi connectivity index (χ3n) is 3.07. The molecule has 1 unspecified atom stereocenters. The van der Waals surface area contributed by atoms with Crippen LogP contribution in [0.4, 0.5) is 0 Å². The number of rotatable bonds is 1. The maximum Gasteiger partial charge on any atom is 0.327 e. The molecule has 0 radical (unpaired) electrons. The third-order valence-corrected chi connectivity index (χ3v) is 4.42. The molecule has 2 aromatic rings. The van der Waals surface area contributed by atoms with Crippen LogP contribution in [0.2, 0.25) is 0 Å². The lowest BCUT2D eigenvalue weighted by molar-refractivity contribution is 0.568. The summed E-state index contributed by atoms with van der Waals surface area (Å²) in [5.41, 5.74) is 2.01. The summed E-state index contributed by atoms with van der Waals surface area (Å²) < 4.78 is 1.92. The molecule has 3 nitrogen and oxygen atoms in total. The molecule has 0 bridgehead atoms. The van der Waals surface area contributed by atoms with E-state index < -0.39 is 0 Å². The van der Waals surface area contributed by atoms with Crippen molar-refractivity contribution in [2.75, 3.05) is 5.75 Å². The van der Waals surface area contributed by atoms with E-state index in [1.807, 2.05) is 40.6 Å². The Kier molecular flexibility index (Phi) is 2.52. The van der Waals surface area contributed by atoms with E-state index in [-0.39, 0.29) is 5.69 Å². The van der Waals surface area contributed by atoms with Crippen molar-refractivity contribution < 1.29 is 0 Å². The second-order valence-corrected chi connectivity index (χ2v) is 5.42. The number of hydrogen-bond donors (Lipinski definition) is 1. The van der Waals surface area contributed by atoms with Crippen molar-refractivity contribution in [3.05, 3.63) is 34.7 Å². The van der Waals surface area contributed by atoms with E-state index in [1.54, 1.807) is 0 Å². The van der Waals surface area contributed by atoms with E-state index in [0.29, 0.717) is 5.37 Å². The molecule has 3 rings (SSSR count). The van der Waals surface area contributed by atoms with Gasteiger partial charge in [-0.15, -0.1) is 11.8 Å². The van der Waals surface area contributed by atoms with Gasteiger partial charge in [0.05, 0.1) is 16.4 Å². The number of aromatic nitrogens is 2. The SMILES string of the molecule is O=c1[nH]c2ccccc2n1C1CCCCS1. The molecular weight excluding hydrogens is 220 g/mol. The molecule has 84 valence electrons. The van der Waals surface area contributed by atoms with E-state index in [9.17, 15) is 4.79 Å². The Morgan fingerprint density at radius 3 is 3.00 bits per heavy atom. The van der Waals surface area contributed by atoms with Crippen LogP contribution in [0.3, 0.4) is 0 Å². The lowest BCUT2D eigenvalue weighted by Gasteiger charge is -2.22. The van der Waals surface area contributed by atoms with Crippen LogP contribution < -0.4 is 5.69 Å². The van der Waals surface area contributed by atoms with Crippen molar-refractivity contribution >= 4 is 22.8 Å². The van der Waals surface area contributed by atoms with E-state index in [1.165, 1.54) is 12.8 Å². The molecule has 1 aliphatic rings. The molecule has 0 spiro atoms. The van der Waals surface area contributed by atoms with Crippen LogP contribution in [0.1, 0.15) is 24.6 Å². The van der Waals surface area contributed by atoms with E-state index in [2.05, 4.69) is 4.98 Å². The minimum absolute atomic E-state index is 0.0283. The molecule has 1 aliphatic heterocycles. The van der Waals surface area contributed by atoms with Gasteiger partial charge in [0.2, 0.25) is 0 Å². The van der Waals surface area contributed by atoms with E-state index >= 15 is 0 Å². The van der Waals surface area contributed by atoms with Crippen molar-refractivity contribution in [2.24, 2.45) is 0 Å². The average molecular weight is 234 g/mol.